The van der Waals surface area contributed by atoms with E-state index >= 15 is 0 Å². The first-order chi connectivity index (χ1) is 26.9. The molecule has 9 aromatic rings. The average Bonchev–Trinajstić information content (AvgIpc) is 3.53. The average molecular weight is 719 g/mol. The Morgan fingerprint density at radius 2 is 0.679 bits per heavy atom. The van der Waals surface area contributed by atoms with Gasteiger partial charge in [-0.25, -0.2) is 0 Å². The molecule has 2 aliphatic rings. The van der Waals surface area contributed by atoms with E-state index in [1.54, 1.807) is 0 Å². The molecule has 0 N–H and O–H groups in total. The summed E-state index contributed by atoms with van der Waals surface area (Å²) in [4.78, 5) is 0. The lowest BCUT2D eigenvalue weighted by Crippen LogP contribution is -2.16. The fraction of sp³-hybridized carbons (Fsp3) is 0.179. The fourth-order valence-corrected chi connectivity index (χ4v) is 11.3. The van der Waals surface area contributed by atoms with Crippen molar-refractivity contribution in [1.82, 2.24) is 0 Å². The van der Waals surface area contributed by atoms with Gasteiger partial charge in [0.1, 0.15) is 0 Å². The van der Waals surface area contributed by atoms with Crippen LogP contribution in [0.3, 0.4) is 0 Å². The van der Waals surface area contributed by atoms with E-state index in [-0.39, 0.29) is 10.8 Å². The predicted molar refractivity (Wildman–Crippen MR) is 241 cm³/mol. The van der Waals surface area contributed by atoms with Gasteiger partial charge in [-0.1, -0.05) is 159 Å². The summed E-state index contributed by atoms with van der Waals surface area (Å²) in [6.45, 7) is 18.7. The number of fused-ring (bicyclic) bond motifs is 12. The summed E-state index contributed by atoms with van der Waals surface area (Å²) >= 11 is 0. The first kappa shape index (κ1) is 33.4. The van der Waals surface area contributed by atoms with Crippen LogP contribution >= 0.6 is 0 Å². The van der Waals surface area contributed by atoms with Gasteiger partial charge in [0.15, 0.2) is 0 Å². The molecule has 11 rings (SSSR count). The minimum atomic E-state index is -0.169. The van der Waals surface area contributed by atoms with E-state index < -0.39 is 0 Å². The lowest BCUT2D eigenvalue weighted by Gasteiger charge is -2.26. The van der Waals surface area contributed by atoms with Gasteiger partial charge in [0, 0.05) is 10.8 Å². The zero-order valence-electron chi connectivity index (χ0n) is 33.7. The highest BCUT2D eigenvalue weighted by atomic mass is 14.4. The van der Waals surface area contributed by atoms with Crippen molar-refractivity contribution < 1.29 is 0 Å². The van der Waals surface area contributed by atoms with Gasteiger partial charge in [-0.3, -0.25) is 0 Å². The molecule has 270 valence electrons. The van der Waals surface area contributed by atoms with Crippen molar-refractivity contribution >= 4 is 43.1 Å². The van der Waals surface area contributed by atoms with Gasteiger partial charge in [-0.05, 0) is 162 Å². The molecule has 2 aliphatic carbocycles. The molecule has 0 heterocycles. The quantitative estimate of drug-likeness (QED) is 0.156. The first-order valence-corrected chi connectivity index (χ1v) is 20.2. The van der Waals surface area contributed by atoms with Gasteiger partial charge >= 0.3 is 0 Å². The Morgan fingerprint density at radius 3 is 1.07 bits per heavy atom. The number of rotatable bonds is 2. The lowest BCUT2D eigenvalue weighted by molar-refractivity contribution is 0.667. The smallest absolute Gasteiger partial charge is 0.0165 e. The monoisotopic (exact) mass is 718 g/mol. The summed E-state index contributed by atoms with van der Waals surface area (Å²) in [6.07, 6.45) is 0. The Morgan fingerprint density at radius 1 is 0.321 bits per heavy atom. The summed E-state index contributed by atoms with van der Waals surface area (Å²) in [5, 5.41) is 10.6. The highest BCUT2D eigenvalue weighted by Gasteiger charge is 2.40. The minimum absolute atomic E-state index is 0.169. The first-order valence-electron chi connectivity index (χ1n) is 20.2. The van der Waals surface area contributed by atoms with Gasteiger partial charge in [0.25, 0.3) is 0 Å². The van der Waals surface area contributed by atoms with Crippen LogP contribution in [0.1, 0.15) is 72.2 Å². The minimum Gasteiger partial charge on any atom is -0.0616 e. The maximum absolute atomic E-state index is 2.60. The van der Waals surface area contributed by atoms with E-state index in [0.717, 1.165) is 0 Å². The van der Waals surface area contributed by atoms with Crippen molar-refractivity contribution in [3.63, 3.8) is 0 Å². The van der Waals surface area contributed by atoms with Crippen molar-refractivity contribution in [3.8, 4) is 44.5 Å². The standard InChI is InChI=1S/C56H46/c1-31-21-32(2)24-37(23-31)51-45-27-43-41-19-17-35-13-9-11-15-39(35)53(41)55(5,6)49(43)29-47(45)52(38-25-33(3)22-34(4)26-38)48-30-50-44(28-46(48)51)42-20-18-36-14-10-12-16-40(36)54(42)56(50,7)8/h9-30H,1-8H3. The summed E-state index contributed by atoms with van der Waals surface area (Å²) < 4.78 is 0. The zero-order valence-corrected chi connectivity index (χ0v) is 33.7. The molecule has 0 saturated carbocycles. The molecule has 9 aromatic carbocycles. The summed E-state index contributed by atoms with van der Waals surface area (Å²) in [6, 6.07) is 51.9. The van der Waals surface area contributed by atoms with E-state index in [9.17, 15) is 0 Å². The summed E-state index contributed by atoms with van der Waals surface area (Å²) in [7, 11) is 0. The second-order valence-corrected chi connectivity index (χ2v) is 18.1. The molecule has 0 fully saturated rings. The highest BCUT2D eigenvalue weighted by molar-refractivity contribution is 6.24. The second-order valence-electron chi connectivity index (χ2n) is 18.1. The normalized spacial score (nSPS) is 14.7. The van der Waals surface area contributed by atoms with Crippen LogP contribution < -0.4 is 0 Å². The van der Waals surface area contributed by atoms with Gasteiger partial charge in [-0.15, -0.1) is 0 Å². The molecule has 0 nitrogen and oxygen atoms in total. The van der Waals surface area contributed by atoms with E-state index in [1.165, 1.54) is 132 Å². The van der Waals surface area contributed by atoms with Crippen LogP contribution in [0.5, 0.6) is 0 Å². The molecule has 0 unspecified atom stereocenters. The van der Waals surface area contributed by atoms with Gasteiger partial charge in [0.2, 0.25) is 0 Å². The van der Waals surface area contributed by atoms with Crippen LogP contribution in [0, 0.1) is 27.7 Å². The molecule has 56 heavy (non-hydrogen) atoms. The molecule has 0 atom stereocenters. The van der Waals surface area contributed by atoms with Crippen molar-refractivity contribution in [2.24, 2.45) is 0 Å². The molecular formula is C56H46. The zero-order chi connectivity index (χ0) is 38.4. The molecule has 0 amide bonds. The Labute approximate surface area is 330 Å². The Kier molecular flexibility index (Phi) is 6.73. The largest absolute Gasteiger partial charge is 0.0616 e. The van der Waals surface area contributed by atoms with Crippen LogP contribution in [-0.4, -0.2) is 0 Å². The third-order valence-corrected chi connectivity index (χ3v) is 13.4. The number of aryl methyl sites for hydroxylation is 4. The lowest BCUT2D eigenvalue weighted by atomic mass is 9.77. The number of hydrogen-bond acceptors (Lipinski definition) is 0. The maximum atomic E-state index is 2.60. The van der Waals surface area contributed by atoms with E-state index in [4.69, 9.17) is 0 Å². The number of hydrogen-bond donors (Lipinski definition) is 0. The summed E-state index contributed by atoms with van der Waals surface area (Å²) in [5.41, 5.74) is 21.2. The number of benzene rings is 9. The van der Waals surface area contributed by atoms with Crippen molar-refractivity contribution in [2.75, 3.05) is 0 Å². The third-order valence-electron chi connectivity index (χ3n) is 13.4. The third kappa shape index (κ3) is 4.48. The molecule has 0 bridgehead atoms. The van der Waals surface area contributed by atoms with Gasteiger partial charge < -0.3 is 0 Å². The second kappa shape index (κ2) is 11.3. The van der Waals surface area contributed by atoms with Crippen LogP contribution in [0.25, 0.3) is 87.6 Å². The molecule has 0 spiro atoms. The van der Waals surface area contributed by atoms with Crippen LogP contribution in [0.15, 0.2) is 133 Å². The van der Waals surface area contributed by atoms with Crippen LogP contribution in [0.4, 0.5) is 0 Å². The van der Waals surface area contributed by atoms with E-state index in [0.29, 0.717) is 0 Å². The highest BCUT2D eigenvalue weighted by Crippen LogP contribution is 2.58. The summed E-state index contributed by atoms with van der Waals surface area (Å²) in [5.74, 6) is 0. The van der Waals surface area contributed by atoms with Crippen LogP contribution in [0.2, 0.25) is 0 Å². The topological polar surface area (TPSA) is 0 Å². The van der Waals surface area contributed by atoms with Crippen LogP contribution in [-0.2, 0) is 10.8 Å². The van der Waals surface area contributed by atoms with Gasteiger partial charge in [-0.2, -0.15) is 0 Å². The van der Waals surface area contributed by atoms with Crippen molar-refractivity contribution in [3.05, 3.63) is 178 Å². The molecule has 0 heteroatoms. The molecule has 0 radical (unpaired) electrons. The van der Waals surface area contributed by atoms with E-state index in [1.807, 2.05) is 0 Å². The van der Waals surface area contributed by atoms with Crippen molar-refractivity contribution in [2.45, 2.75) is 66.2 Å². The van der Waals surface area contributed by atoms with Crippen molar-refractivity contribution in [1.29, 1.82) is 0 Å². The molecule has 0 saturated heterocycles. The maximum Gasteiger partial charge on any atom is 0.0165 e. The molecular weight excluding hydrogens is 673 g/mol. The molecule has 0 aromatic heterocycles. The van der Waals surface area contributed by atoms with E-state index in [2.05, 4.69) is 189 Å². The Hall–Kier alpha value is -5.98. The molecule has 0 aliphatic heterocycles. The SMILES string of the molecule is Cc1cc(C)cc(-c2c3cc4c(cc3c(-c3cc(C)cc(C)c3)c3cc5c(cc23)-c2ccc3ccccc3c2C5(C)C)C(C)(C)c2c-4ccc3ccccc23)c1. The predicted octanol–water partition coefficient (Wildman–Crippen LogP) is 15.5. The Bertz CT molecular complexity index is 3010. The fourth-order valence-electron chi connectivity index (χ4n) is 11.3. The van der Waals surface area contributed by atoms with Gasteiger partial charge in [0.05, 0.1) is 0 Å². The Balaban J connectivity index is 1.36.